The molecule has 4 heteroatoms. The summed E-state index contributed by atoms with van der Waals surface area (Å²) in [5.41, 5.74) is 6.12. The Labute approximate surface area is 108 Å². The molecule has 17 heavy (non-hydrogen) atoms. The molecule has 0 aliphatic carbocycles. The lowest BCUT2D eigenvalue weighted by Gasteiger charge is -2.06. The number of thiocarbonyl (C=S) groups is 1. The van der Waals surface area contributed by atoms with Gasteiger partial charge in [-0.25, -0.2) is 0 Å². The van der Waals surface area contributed by atoms with E-state index in [1.165, 1.54) is 25.7 Å². The number of pyridine rings is 1. The standard InChI is InChI=1S/C13H20N2OS/c1-2-3-4-5-6-9-16-11-7-8-15-12(10-11)13(14)17/h7-8,10H,2-6,9H2,1H3,(H2,14,17). The highest BCUT2D eigenvalue weighted by atomic mass is 32.1. The van der Waals surface area contributed by atoms with Crippen LogP contribution >= 0.6 is 12.2 Å². The molecule has 0 spiro atoms. The summed E-state index contributed by atoms with van der Waals surface area (Å²) in [6.07, 6.45) is 7.84. The van der Waals surface area contributed by atoms with Crippen molar-refractivity contribution in [2.75, 3.05) is 6.61 Å². The van der Waals surface area contributed by atoms with Gasteiger partial charge in [0.1, 0.15) is 16.4 Å². The van der Waals surface area contributed by atoms with Gasteiger partial charge in [-0.05, 0) is 12.5 Å². The average Bonchev–Trinajstić information content (AvgIpc) is 2.34. The summed E-state index contributed by atoms with van der Waals surface area (Å²) in [4.78, 5) is 4.37. The topological polar surface area (TPSA) is 48.1 Å². The smallest absolute Gasteiger partial charge is 0.123 e. The van der Waals surface area contributed by atoms with Crippen LogP contribution in [0.3, 0.4) is 0 Å². The van der Waals surface area contributed by atoms with E-state index in [9.17, 15) is 0 Å². The van der Waals surface area contributed by atoms with Gasteiger partial charge in [0.25, 0.3) is 0 Å². The number of nitrogens with two attached hydrogens (primary N) is 1. The first kappa shape index (κ1) is 13.9. The van der Waals surface area contributed by atoms with Crippen LogP contribution in [-0.4, -0.2) is 16.6 Å². The highest BCUT2D eigenvalue weighted by Crippen LogP contribution is 2.12. The van der Waals surface area contributed by atoms with E-state index in [4.69, 9.17) is 22.7 Å². The van der Waals surface area contributed by atoms with Crippen LogP contribution in [0.4, 0.5) is 0 Å². The van der Waals surface area contributed by atoms with Gasteiger partial charge >= 0.3 is 0 Å². The van der Waals surface area contributed by atoms with Crippen molar-refractivity contribution in [3.63, 3.8) is 0 Å². The summed E-state index contributed by atoms with van der Waals surface area (Å²) in [5, 5.41) is 0. The van der Waals surface area contributed by atoms with Gasteiger partial charge in [0.2, 0.25) is 0 Å². The molecule has 0 fully saturated rings. The minimum absolute atomic E-state index is 0.304. The van der Waals surface area contributed by atoms with Gasteiger partial charge < -0.3 is 10.5 Å². The zero-order valence-corrected chi connectivity index (χ0v) is 11.1. The molecule has 1 heterocycles. The number of ether oxygens (including phenoxy) is 1. The summed E-state index contributed by atoms with van der Waals surface area (Å²) in [6, 6.07) is 3.61. The lowest BCUT2D eigenvalue weighted by molar-refractivity contribution is 0.304. The Kier molecular flexibility index (Phi) is 6.55. The average molecular weight is 252 g/mol. The van der Waals surface area contributed by atoms with Crippen LogP contribution in [0.1, 0.15) is 44.7 Å². The molecule has 0 saturated carbocycles. The molecule has 0 bridgehead atoms. The molecule has 0 saturated heterocycles. The predicted molar refractivity (Wildman–Crippen MR) is 74.4 cm³/mol. The normalized spacial score (nSPS) is 10.2. The van der Waals surface area contributed by atoms with E-state index in [1.807, 2.05) is 6.07 Å². The van der Waals surface area contributed by atoms with Crippen LogP contribution in [0, 0.1) is 0 Å². The molecule has 3 nitrogen and oxygen atoms in total. The summed E-state index contributed by atoms with van der Waals surface area (Å²) >= 11 is 4.86. The van der Waals surface area contributed by atoms with Crippen LogP contribution in [0.2, 0.25) is 0 Å². The van der Waals surface area contributed by atoms with Gasteiger partial charge in [0, 0.05) is 12.3 Å². The quantitative estimate of drug-likeness (QED) is 0.570. The van der Waals surface area contributed by atoms with Crippen molar-refractivity contribution in [3.05, 3.63) is 24.0 Å². The zero-order valence-electron chi connectivity index (χ0n) is 10.3. The Morgan fingerprint density at radius 2 is 2.12 bits per heavy atom. The number of hydrogen-bond acceptors (Lipinski definition) is 3. The first-order chi connectivity index (χ1) is 8.24. The molecule has 0 amide bonds. The van der Waals surface area contributed by atoms with Crippen LogP contribution in [0.5, 0.6) is 5.75 Å². The highest BCUT2D eigenvalue weighted by Gasteiger charge is 2.00. The molecule has 94 valence electrons. The Morgan fingerprint density at radius 3 is 2.82 bits per heavy atom. The van der Waals surface area contributed by atoms with Crippen molar-refractivity contribution in [2.24, 2.45) is 5.73 Å². The summed E-state index contributed by atoms with van der Waals surface area (Å²) in [7, 11) is 0. The molecule has 0 radical (unpaired) electrons. The Balaban J connectivity index is 2.27. The van der Waals surface area contributed by atoms with Gasteiger partial charge in [-0.15, -0.1) is 0 Å². The number of aromatic nitrogens is 1. The summed E-state index contributed by atoms with van der Waals surface area (Å²) < 4.78 is 5.62. The second-order valence-corrected chi connectivity index (χ2v) is 4.44. The third kappa shape index (κ3) is 5.63. The molecule has 2 N–H and O–H groups in total. The van der Waals surface area contributed by atoms with Crippen LogP contribution in [0.15, 0.2) is 18.3 Å². The van der Waals surface area contributed by atoms with Crippen molar-refractivity contribution < 1.29 is 4.74 Å². The third-order valence-electron chi connectivity index (χ3n) is 2.50. The van der Waals surface area contributed by atoms with Crippen molar-refractivity contribution in [3.8, 4) is 5.75 Å². The molecule has 0 unspecified atom stereocenters. The van der Waals surface area contributed by atoms with Crippen molar-refractivity contribution in [1.29, 1.82) is 0 Å². The SMILES string of the molecule is CCCCCCCOc1ccnc(C(N)=S)c1. The second-order valence-electron chi connectivity index (χ2n) is 4.00. The molecule has 0 aliphatic rings. The van der Waals surface area contributed by atoms with E-state index >= 15 is 0 Å². The minimum Gasteiger partial charge on any atom is -0.493 e. The fourth-order valence-electron chi connectivity index (χ4n) is 1.53. The first-order valence-electron chi connectivity index (χ1n) is 6.12. The maximum absolute atomic E-state index is 5.62. The van der Waals surface area contributed by atoms with Crippen LogP contribution in [0.25, 0.3) is 0 Å². The van der Waals surface area contributed by atoms with E-state index in [1.54, 1.807) is 12.3 Å². The van der Waals surface area contributed by atoms with E-state index < -0.39 is 0 Å². The zero-order chi connectivity index (χ0) is 12.5. The van der Waals surface area contributed by atoms with Crippen molar-refractivity contribution in [1.82, 2.24) is 4.98 Å². The van der Waals surface area contributed by atoms with Crippen molar-refractivity contribution >= 4 is 17.2 Å². The molecule has 0 aromatic carbocycles. The second kappa shape index (κ2) is 8.01. The molecule has 1 aromatic rings. The van der Waals surface area contributed by atoms with E-state index in [2.05, 4.69) is 11.9 Å². The maximum atomic E-state index is 5.62. The largest absolute Gasteiger partial charge is 0.493 e. The number of unbranched alkanes of at least 4 members (excludes halogenated alkanes) is 4. The molecule has 0 aliphatic heterocycles. The first-order valence-corrected chi connectivity index (χ1v) is 6.53. The number of hydrogen-bond donors (Lipinski definition) is 1. The van der Waals surface area contributed by atoms with Gasteiger partial charge in [0.05, 0.1) is 6.61 Å². The minimum atomic E-state index is 0.304. The van der Waals surface area contributed by atoms with Crippen LogP contribution in [-0.2, 0) is 0 Å². The third-order valence-corrected chi connectivity index (χ3v) is 2.71. The van der Waals surface area contributed by atoms with Crippen molar-refractivity contribution in [2.45, 2.75) is 39.0 Å². The lowest BCUT2D eigenvalue weighted by atomic mass is 10.2. The van der Waals surface area contributed by atoms with Gasteiger partial charge in [-0.1, -0.05) is 44.8 Å². The van der Waals surface area contributed by atoms with E-state index in [0.29, 0.717) is 10.7 Å². The molecule has 1 rings (SSSR count). The number of nitrogens with zero attached hydrogens (tertiary/aromatic N) is 1. The maximum Gasteiger partial charge on any atom is 0.123 e. The van der Waals surface area contributed by atoms with Crippen LogP contribution < -0.4 is 10.5 Å². The molecule has 0 atom stereocenters. The van der Waals surface area contributed by atoms with Gasteiger partial charge in [-0.2, -0.15) is 0 Å². The molecular formula is C13H20N2OS. The fourth-order valence-corrected chi connectivity index (χ4v) is 1.64. The Bertz CT molecular complexity index is 355. The van der Waals surface area contributed by atoms with Gasteiger partial charge in [0.15, 0.2) is 0 Å². The predicted octanol–water partition coefficient (Wildman–Crippen LogP) is 3.07. The monoisotopic (exact) mass is 252 g/mol. The fraction of sp³-hybridized carbons (Fsp3) is 0.538. The van der Waals surface area contributed by atoms with E-state index in [0.717, 1.165) is 18.8 Å². The van der Waals surface area contributed by atoms with Gasteiger partial charge in [-0.3, -0.25) is 4.98 Å². The van der Waals surface area contributed by atoms with E-state index in [-0.39, 0.29) is 0 Å². The molecular weight excluding hydrogens is 232 g/mol. The Hall–Kier alpha value is -1.16. The Morgan fingerprint density at radius 1 is 1.35 bits per heavy atom. The summed E-state index contributed by atoms with van der Waals surface area (Å²) in [6.45, 7) is 2.95. The highest BCUT2D eigenvalue weighted by molar-refractivity contribution is 7.80. The summed E-state index contributed by atoms with van der Waals surface area (Å²) in [5.74, 6) is 0.790. The number of rotatable bonds is 8. The lowest BCUT2D eigenvalue weighted by Crippen LogP contribution is -2.11. The molecule has 1 aromatic heterocycles.